The summed E-state index contributed by atoms with van der Waals surface area (Å²) in [5.74, 6) is -1.34. The average molecular weight is 453 g/mol. The minimum Gasteiger partial charge on any atom is -0.496 e. The van der Waals surface area contributed by atoms with Crippen molar-refractivity contribution in [2.24, 2.45) is 5.92 Å². The maximum atomic E-state index is 13.6. The molecule has 3 rings (SSSR count). The molecule has 176 valence electrons. The Balaban J connectivity index is 1.99. The number of rotatable bonds is 10. The number of amides is 1. The first-order valence-corrected chi connectivity index (χ1v) is 11.2. The minimum atomic E-state index is -1.09. The first kappa shape index (κ1) is 24.5. The summed E-state index contributed by atoms with van der Waals surface area (Å²) in [6.45, 7) is 5.44. The fourth-order valence-electron chi connectivity index (χ4n) is 4.30. The summed E-state index contributed by atoms with van der Waals surface area (Å²) in [7, 11) is 5.48. The summed E-state index contributed by atoms with van der Waals surface area (Å²) >= 11 is 0. The number of aryl methyl sites for hydroxylation is 1. The third kappa shape index (κ3) is 5.25. The summed E-state index contributed by atoms with van der Waals surface area (Å²) in [6, 6.07) is 11.7. The van der Waals surface area contributed by atoms with Gasteiger partial charge < -0.3 is 19.3 Å². The molecule has 2 atom stereocenters. The van der Waals surface area contributed by atoms with E-state index in [1.807, 2.05) is 57.1 Å². The van der Waals surface area contributed by atoms with Gasteiger partial charge in [0.1, 0.15) is 17.4 Å². The molecule has 1 amide bonds. The van der Waals surface area contributed by atoms with E-state index in [4.69, 9.17) is 9.47 Å². The van der Waals surface area contributed by atoms with Gasteiger partial charge in [0.25, 0.3) is 5.91 Å². The normalized spacial score (nSPS) is 18.2. The van der Waals surface area contributed by atoms with Crippen LogP contribution in [-0.4, -0.2) is 68.2 Å². The quantitative estimate of drug-likeness (QED) is 0.313. The molecular weight excluding hydrogens is 420 g/mol. The van der Waals surface area contributed by atoms with E-state index >= 15 is 0 Å². The molecule has 0 radical (unpaired) electrons. The minimum absolute atomic E-state index is 0.354. The molecule has 7 heteroatoms. The van der Waals surface area contributed by atoms with Crippen LogP contribution in [0.4, 0.5) is 0 Å². The van der Waals surface area contributed by atoms with E-state index in [-0.39, 0.29) is 5.78 Å². The highest BCUT2D eigenvalue weighted by Crippen LogP contribution is 2.39. The molecule has 1 heterocycles. The molecule has 0 aromatic heterocycles. The number of benzene rings is 2. The van der Waals surface area contributed by atoms with Crippen LogP contribution >= 0.6 is 0 Å². The molecule has 0 N–H and O–H groups in total. The third-order valence-corrected chi connectivity index (χ3v) is 5.90. The van der Waals surface area contributed by atoms with Gasteiger partial charge in [-0.3, -0.25) is 14.4 Å². The van der Waals surface area contributed by atoms with Crippen LogP contribution in [0.5, 0.6) is 11.5 Å². The second kappa shape index (κ2) is 10.6. The molecule has 0 bridgehead atoms. The first-order valence-electron chi connectivity index (χ1n) is 11.2. The summed E-state index contributed by atoms with van der Waals surface area (Å²) in [6.07, 6.45) is 0.697. The molecule has 1 fully saturated rings. The first-order chi connectivity index (χ1) is 15.8. The summed E-state index contributed by atoms with van der Waals surface area (Å²) in [4.78, 5) is 43.3. The molecule has 1 aliphatic rings. The molecule has 7 nitrogen and oxygen atoms in total. The Morgan fingerprint density at radius 1 is 1.09 bits per heavy atom. The van der Waals surface area contributed by atoms with Crippen LogP contribution in [0.1, 0.15) is 40.9 Å². The van der Waals surface area contributed by atoms with Gasteiger partial charge in [0.2, 0.25) is 5.78 Å². The Labute approximate surface area is 195 Å². The fourth-order valence-corrected chi connectivity index (χ4v) is 4.30. The van der Waals surface area contributed by atoms with E-state index in [0.29, 0.717) is 36.6 Å². The Morgan fingerprint density at radius 3 is 2.36 bits per heavy atom. The van der Waals surface area contributed by atoms with Crippen molar-refractivity contribution in [3.63, 3.8) is 0 Å². The zero-order chi connectivity index (χ0) is 24.1. The van der Waals surface area contributed by atoms with E-state index in [0.717, 1.165) is 17.7 Å². The van der Waals surface area contributed by atoms with Crippen molar-refractivity contribution in [2.45, 2.75) is 26.3 Å². The summed E-state index contributed by atoms with van der Waals surface area (Å²) in [5.41, 5.74) is 1.93. The van der Waals surface area contributed by atoms with Crippen molar-refractivity contribution in [3.8, 4) is 11.5 Å². The number of nitrogens with zero attached hydrogens (tertiary/aromatic N) is 2. The lowest BCUT2D eigenvalue weighted by Gasteiger charge is -2.28. The highest BCUT2D eigenvalue weighted by Gasteiger charge is 2.51. The zero-order valence-electron chi connectivity index (χ0n) is 20.0. The average Bonchev–Trinajstić information content (AvgIpc) is 3.04. The monoisotopic (exact) mass is 452 g/mol. The van der Waals surface area contributed by atoms with Crippen LogP contribution in [0.2, 0.25) is 0 Å². The van der Waals surface area contributed by atoms with E-state index in [1.54, 1.807) is 30.2 Å². The molecule has 33 heavy (non-hydrogen) atoms. The predicted molar refractivity (Wildman–Crippen MR) is 126 cm³/mol. The molecule has 2 aromatic carbocycles. The van der Waals surface area contributed by atoms with Crippen LogP contribution in [0, 0.1) is 12.8 Å². The second-order valence-electron chi connectivity index (χ2n) is 8.49. The lowest BCUT2D eigenvalue weighted by atomic mass is 9.86. The van der Waals surface area contributed by atoms with E-state index in [9.17, 15) is 14.4 Å². The molecule has 0 spiro atoms. The van der Waals surface area contributed by atoms with Gasteiger partial charge in [-0.05, 0) is 82.4 Å². The standard InChI is InChI=1S/C26H32N2O5/c1-6-33-20-11-8-18(9-12-20)23-22(24(29)19-10-13-21(32-5)17(2)16-19)25(30)26(31)28(23)15-7-14-27(3)4/h8-13,16,22-23H,6-7,14-15H2,1-5H3. The third-order valence-electron chi connectivity index (χ3n) is 5.90. The SMILES string of the molecule is CCOc1ccc(C2C(C(=O)c3ccc(OC)c(C)c3)C(=O)C(=O)N2CCCN(C)C)cc1. The van der Waals surface area contributed by atoms with Crippen LogP contribution in [0.3, 0.4) is 0 Å². The van der Waals surface area contributed by atoms with Crippen molar-refractivity contribution in [1.82, 2.24) is 9.80 Å². The molecule has 0 saturated carbocycles. The van der Waals surface area contributed by atoms with E-state index in [2.05, 4.69) is 0 Å². The fraction of sp³-hybridized carbons (Fsp3) is 0.423. The van der Waals surface area contributed by atoms with Crippen molar-refractivity contribution in [1.29, 1.82) is 0 Å². The maximum Gasteiger partial charge on any atom is 0.291 e. The van der Waals surface area contributed by atoms with Gasteiger partial charge in [0.15, 0.2) is 5.78 Å². The smallest absolute Gasteiger partial charge is 0.291 e. The zero-order valence-corrected chi connectivity index (χ0v) is 20.0. The lowest BCUT2D eigenvalue weighted by Crippen LogP contribution is -2.33. The van der Waals surface area contributed by atoms with Crippen molar-refractivity contribution in [3.05, 3.63) is 59.2 Å². The van der Waals surface area contributed by atoms with Gasteiger partial charge in [-0.15, -0.1) is 0 Å². The number of ketones is 2. The van der Waals surface area contributed by atoms with E-state index < -0.39 is 23.7 Å². The Hall–Kier alpha value is -3.19. The number of hydrogen-bond acceptors (Lipinski definition) is 6. The number of carbonyl (C=O) groups is 3. The molecule has 2 unspecified atom stereocenters. The maximum absolute atomic E-state index is 13.6. The molecule has 1 aliphatic heterocycles. The van der Waals surface area contributed by atoms with Crippen molar-refractivity contribution in [2.75, 3.05) is 40.9 Å². The molecule has 1 saturated heterocycles. The van der Waals surface area contributed by atoms with Crippen LogP contribution in [-0.2, 0) is 9.59 Å². The summed E-state index contributed by atoms with van der Waals surface area (Å²) in [5, 5.41) is 0. The van der Waals surface area contributed by atoms with Gasteiger partial charge in [-0.1, -0.05) is 12.1 Å². The molecule has 2 aromatic rings. The van der Waals surface area contributed by atoms with E-state index in [1.165, 1.54) is 0 Å². The number of likely N-dealkylation sites (tertiary alicyclic amines) is 1. The van der Waals surface area contributed by atoms with Gasteiger partial charge in [-0.25, -0.2) is 0 Å². The van der Waals surface area contributed by atoms with Gasteiger partial charge in [0, 0.05) is 12.1 Å². The highest BCUT2D eigenvalue weighted by atomic mass is 16.5. The van der Waals surface area contributed by atoms with Gasteiger partial charge in [-0.2, -0.15) is 0 Å². The lowest BCUT2D eigenvalue weighted by molar-refractivity contribution is -0.140. The predicted octanol–water partition coefficient (Wildman–Crippen LogP) is 3.31. The number of carbonyl (C=O) groups excluding carboxylic acids is 3. The second-order valence-corrected chi connectivity index (χ2v) is 8.49. The number of hydrogen-bond donors (Lipinski definition) is 0. The number of methoxy groups -OCH3 is 1. The topological polar surface area (TPSA) is 76.1 Å². The Morgan fingerprint density at radius 2 is 1.79 bits per heavy atom. The highest BCUT2D eigenvalue weighted by molar-refractivity contribution is 6.44. The molecular formula is C26H32N2O5. The Bertz CT molecular complexity index is 1020. The largest absolute Gasteiger partial charge is 0.496 e. The van der Waals surface area contributed by atoms with Crippen LogP contribution < -0.4 is 9.47 Å². The summed E-state index contributed by atoms with van der Waals surface area (Å²) < 4.78 is 10.8. The van der Waals surface area contributed by atoms with Crippen molar-refractivity contribution < 1.29 is 23.9 Å². The van der Waals surface area contributed by atoms with Crippen LogP contribution in [0.25, 0.3) is 0 Å². The van der Waals surface area contributed by atoms with Gasteiger partial charge >= 0.3 is 0 Å². The van der Waals surface area contributed by atoms with Gasteiger partial charge in [0.05, 0.1) is 19.8 Å². The van der Waals surface area contributed by atoms with Crippen LogP contribution in [0.15, 0.2) is 42.5 Å². The number of Topliss-reactive ketones (excluding diaryl/α,β-unsaturated/α-hetero) is 2. The number of ether oxygens (including phenoxy) is 2. The Kier molecular flexibility index (Phi) is 7.87. The van der Waals surface area contributed by atoms with Crippen molar-refractivity contribution >= 4 is 17.5 Å². The molecule has 0 aliphatic carbocycles.